The van der Waals surface area contributed by atoms with Gasteiger partial charge in [-0.15, -0.1) is 0 Å². The van der Waals surface area contributed by atoms with Crippen molar-refractivity contribution in [1.82, 2.24) is 0 Å². The van der Waals surface area contributed by atoms with E-state index in [2.05, 4.69) is 204 Å². The van der Waals surface area contributed by atoms with Gasteiger partial charge >= 0.3 is 0 Å². The second-order valence-electron chi connectivity index (χ2n) is 20.2. The molecular weight excluding hydrogens is 965 g/mol. The van der Waals surface area contributed by atoms with Crippen molar-refractivity contribution in [3.05, 3.63) is 300 Å². The molecule has 2 spiro atoms. The zero-order valence-electron chi connectivity index (χ0n) is 41.6. The largest absolute Gasteiger partial charge is 0.457 e. The highest BCUT2D eigenvalue weighted by Crippen LogP contribution is 2.69. The number of hydrogen-bond donors (Lipinski definition) is 0. The molecule has 8 heteroatoms. The highest BCUT2D eigenvalue weighted by atomic mass is 16.5. The Balaban J connectivity index is 1.04. The van der Waals surface area contributed by atoms with Crippen molar-refractivity contribution in [3.63, 3.8) is 0 Å². The number of benzene rings is 10. The van der Waals surface area contributed by atoms with Crippen LogP contribution in [0.2, 0.25) is 0 Å². The standard InChI is InChI=1S/C70H42N2O6/c1-3-21-43(22-4-1)71(55-33-19-27-47-45-25-7-13-35-57(45)75-65(47)55)63-41-53-67(77-63)70(51-31-11-17-39-61(51)74-62-40-18-12-32-52(62)70)54-42-64(78-68(54)69(53)49-29-9-15-37-59(49)73-60-38-16-10-30-50(60)69)72(44-23-5-2-6-24-44)56-34-20-28-48-46-26-8-14-36-58(46)76-66(48)56/h1-42H. The van der Waals surface area contributed by atoms with Gasteiger partial charge in [-0.25, -0.2) is 0 Å². The number of ether oxygens (including phenoxy) is 2. The zero-order chi connectivity index (χ0) is 51.1. The summed E-state index contributed by atoms with van der Waals surface area (Å²) in [5, 5.41) is 4.07. The fourth-order valence-electron chi connectivity index (χ4n) is 13.1. The van der Waals surface area contributed by atoms with Gasteiger partial charge in [0.05, 0.1) is 11.4 Å². The monoisotopic (exact) mass is 1010 g/mol. The number of rotatable bonds is 6. The predicted octanol–water partition coefficient (Wildman–Crippen LogP) is 18.9. The van der Waals surface area contributed by atoms with Gasteiger partial charge in [-0.1, -0.05) is 170 Å². The van der Waals surface area contributed by atoms with E-state index < -0.39 is 10.8 Å². The number of nitrogens with zero attached hydrogens (tertiary/aromatic N) is 2. The topological polar surface area (TPSA) is 77.5 Å². The molecule has 10 aromatic carbocycles. The quantitative estimate of drug-likeness (QED) is 0.163. The Morgan fingerprint density at radius 2 is 0.603 bits per heavy atom. The van der Waals surface area contributed by atoms with Gasteiger partial charge in [0.1, 0.15) is 56.5 Å². The third kappa shape index (κ3) is 5.67. The normalized spacial score (nSPS) is 14.1. The molecule has 4 aromatic heterocycles. The van der Waals surface area contributed by atoms with Crippen LogP contribution in [0.15, 0.2) is 272 Å². The molecule has 78 heavy (non-hydrogen) atoms. The highest BCUT2D eigenvalue weighted by molar-refractivity contribution is 6.11. The van der Waals surface area contributed by atoms with E-state index in [1.165, 1.54) is 0 Å². The molecular formula is C70H42N2O6. The van der Waals surface area contributed by atoms with E-state index in [4.69, 9.17) is 27.1 Å². The molecule has 8 nitrogen and oxygen atoms in total. The summed E-state index contributed by atoms with van der Waals surface area (Å²) in [4.78, 5) is 4.38. The minimum atomic E-state index is -1.19. The molecule has 0 bridgehead atoms. The van der Waals surface area contributed by atoms with Gasteiger partial charge in [0.25, 0.3) is 0 Å². The lowest BCUT2D eigenvalue weighted by atomic mass is 9.54. The van der Waals surface area contributed by atoms with Gasteiger partial charge < -0.3 is 27.1 Å². The van der Waals surface area contributed by atoms with E-state index in [1.807, 2.05) is 60.7 Å². The first-order chi connectivity index (χ1) is 38.7. The lowest BCUT2D eigenvalue weighted by Crippen LogP contribution is -2.46. The summed E-state index contributed by atoms with van der Waals surface area (Å²) in [6.45, 7) is 0. The average Bonchev–Trinajstić information content (AvgIpc) is 3.82. The maximum Gasteiger partial charge on any atom is 0.205 e. The van der Waals surface area contributed by atoms with Gasteiger partial charge in [-0.05, 0) is 72.8 Å². The summed E-state index contributed by atoms with van der Waals surface area (Å²) in [6.07, 6.45) is 0. The fraction of sp³-hybridized carbons (Fsp3) is 0.0286. The Labute approximate surface area is 446 Å². The summed E-state index contributed by atoms with van der Waals surface area (Å²) >= 11 is 0. The molecule has 0 atom stereocenters. The van der Waals surface area contributed by atoms with Gasteiger partial charge in [0.15, 0.2) is 11.2 Å². The molecule has 17 rings (SSSR count). The second kappa shape index (κ2) is 16.0. The maximum absolute atomic E-state index is 8.07. The van der Waals surface area contributed by atoms with Crippen molar-refractivity contribution in [2.75, 3.05) is 9.80 Å². The number of hydrogen-bond acceptors (Lipinski definition) is 8. The maximum atomic E-state index is 8.07. The van der Waals surface area contributed by atoms with Crippen LogP contribution in [0.5, 0.6) is 23.0 Å². The van der Waals surface area contributed by atoms with E-state index in [0.717, 1.165) is 100 Å². The Morgan fingerprint density at radius 3 is 1.00 bits per heavy atom. The minimum Gasteiger partial charge on any atom is -0.457 e. The molecule has 2 aliphatic heterocycles. The van der Waals surface area contributed by atoms with E-state index in [-0.39, 0.29) is 0 Å². The number of fused-ring (bicyclic) bond motifs is 20. The molecule has 1 aliphatic carbocycles. The first-order valence-corrected chi connectivity index (χ1v) is 26.2. The van der Waals surface area contributed by atoms with Crippen molar-refractivity contribution in [2.24, 2.45) is 0 Å². The predicted molar refractivity (Wildman–Crippen MR) is 305 cm³/mol. The Hall–Kier alpha value is -10.4. The molecule has 0 saturated heterocycles. The summed E-state index contributed by atoms with van der Waals surface area (Å²) in [7, 11) is 0. The molecule has 0 fully saturated rings. The summed E-state index contributed by atoms with van der Waals surface area (Å²) in [5.74, 6) is 5.38. The number of furan rings is 4. The van der Waals surface area contributed by atoms with Crippen LogP contribution in [0.3, 0.4) is 0 Å². The van der Waals surface area contributed by atoms with E-state index in [0.29, 0.717) is 46.3 Å². The molecule has 3 aliphatic rings. The van der Waals surface area contributed by atoms with Crippen LogP contribution in [0.4, 0.5) is 34.5 Å². The van der Waals surface area contributed by atoms with Crippen LogP contribution in [-0.4, -0.2) is 0 Å². The van der Waals surface area contributed by atoms with Crippen LogP contribution in [0.1, 0.15) is 44.9 Å². The number of para-hydroxylation sites is 10. The van der Waals surface area contributed by atoms with E-state index in [9.17, 15) is 0 Å². The Morgan fingerprint density at radius 1 is 0.269 bits per heavy atom. The third-order valence-corrected chi connectivity index (χ3v) is 16.2. The molecule has 14 aromatic rings. The summed E-state index contributed by atoms with van der Waals surface area (Å²) < 4.78 is 43.8. The van der Waals surface area contributed by atoms with Crippen LogP contribution in [0.25, 0.3) is 43.9 Å². The van der Waals surface area contributed by atoms with Crippen molar-refractivity contribution < 1.29 is 27.1 Å². The van der Waals surface area contributed by atoms with Crippen LogP contribution < -0.4 is 19.3 Å². The molecule has 368 valence electrons. The Kier molecular flexibility index (Phi) is 8.81. The smallest absolute Gasteiger partial charge is 0.205 e. The fourth-order valence-corrected chi connectivity index (χ4v) is 13.1. The van der Waals surface area contributed by atoms with Crippen molar-refractivity contribution in [3.8, 4) is 23.0 Å². The summed E-state index contributed by atoms with van der Waals surface area (Å²) in [6, 6.07) is 87.7. The van der Waals surface area contributed by atoms with Crippen LogP contribution >= 0.6 is 0 Å². The van der Waals surface area contributed by atoms with Crippen LogP contribution in [0, 0.1) is 0 Å². The average molecular weight is 1010 g/mol. The molecule has 0 saturated carbocycles. The molecule has 0 N–H and O–H groups in total. The number of anilines is 6. The molecule has 0 unspecified atom stereocenters. The SMILES string of the molecule is c1ccc(N(c2cc3c(o2)C2(c4ccccc4Oc4ccccc42)c2cc(N(c4ccccc4)c4cccc5c4oc4ccccc45)oc2C32c3ccccc3Oc3ccccc32)c2cccc3c2oc2ccccc23)cc1. The Bertz CT molecular complexity index is 4300. The van der Waals surface area contributed by atoms with Gasteiger partial charge in [0, 0.05) is 78.4 Å². The first-order valence-electron chi connectivity index (χ1n) is 26.2. The minimum absolute atomic E-state index is 0.577. The highest BCUT2D eigenvalue weighted by Gasteiger charge is 2.64. The molecule has 0 radical (unpaired) electrons. The van der Waals surface area contributed by atoms with Gasteiger partial charge in [-0.2, -0.15) is 0 Å². The molecule has 6 heterocycles. The lowest BCUT2D eigenvalue weighted by molar-refractivity contribution is 0.353. The molecule has 0 amide bonds. The van der Waals surface area contributed by atoms with Crippen LogP contribution in [-0.2, 0) is 10.8 Å². The van der Waals surface area contributed by atoms with E-state index in [1.54, 1.807) is 0 Å². The van der Waals surface area contributed by atoms with Gasteiger partial charge in [-0.3, -0.25) is 9.80 Å². The lowest BCUT2D eigenvalue weighted by Gasteiger charge is -2.48. The van der Waals surface area contributed by atoms with Crippen molar-refractivity contribution in [1.29, 1.82) is 0 Å². The second-order valence-corrected chi connectivity index (χ2v) is 20.2. The van der Waals surface area contributed by atoms with Crippen molar-refractivity contribution in [2.45, 2.75) is 10.8 Å². The van der Waals surface area contributed by atoms with E-state index >= 15 is 0 Å². The first kappa shape index (κ1) is 42.9. The third-order valence-electron chi connectivity index (χ3n) is 16.2. The zero-order valence-corrected chi connectivity index (χ0v) is 41.6. The van der Waals surface area contributed by atoms with Crippen molar-refractivity contribution >= 4 is 78.4 Å². The summed E-state index contributed by atoms with van der Waals surface area (Å²) in [5.41, 5.74) is 9.48. The van der Waals surface area contributed by atoms with Gasteiger partial charge in [0.2, 0.25) is 11.8 Å².